The predicted octanol–water partition coefficient (Wildman–Crippen LogP) is 5.51. The van der Waals surface area contributed by atoms with Crippen molar-refractivity contribution in [2.75, 3.05) is 91.1 Å². The molecule has 358 valence electrons. The number of aromatic nitrogens is 8. The van der Waals surface area contributed by atoms with E-state index in [-0.39, 0.29) is 18.4 Å². The van der Waals surface area contributed by atoms with E-state index in [1.165, 1.54) is 0 Å². The summed E-state index contributed by atoms with van der Waals surface area (Å²) in [6.07, 6.45) is 8.80. The summed E-state index contributed by atoms with van der Waals surface area (Å²) in [6.45, 7) is 9.76. The monoisotopic (exact) mass is 1010 g/mol. The molecule has 69 heavy (non-hydrogen) atoms. The van der Waals surface area contributed by atoms with Crippen LogP contribution in [0.15, 0.2) is 73.3 Å². The molecule has 2 aliphatic heterocycles. The van der Waals surface area contributed by atoms with Gasteiger partial charge in [-0.25, -0.2) is 61.4 Å². The largest absolute Gasteiger partial charge is 0.378 e. The molecule has 0 aliphatic carbocycles. The van der Waals surface area contributed by atoms with Crippen molar-refractivity contribution in [1.29, 1.82) is 0 Å². The van der Waals surface area contributed by atoms with Crippen LogP contribution in [-0.2, 0) is 36.1 Å². The van der Waals surface area contributed by atoms with E-state index in [4.69, 9.17) is 40.9 Å². The number of anilines is 5. The third-order valence-electron chi connectivity index (χ3n) is 11.1. The van der Waals surface area contributed by atoms with E-state index >= 15 is 0 Å². The summed E-state index contributed by atoms with van der Waals surface area (Å²) in [6, 6.07) is 15.2. The topological polar surface area (TPSA) is 272 Å². The Bertz CT molecular complexity index is 3400. The number of thiophene rings is 2. The molecule has 0 bridgehead atoms. The first kappa shape index (κ1) is 47.5. The molecule has 0 amide bonds. The summed E-state index contributed by atoms with van der Waals surface area (Å²) in [5.41, 5.74) is 19.7. The minimum absolute atomic E-state index is 0.190. The number of fused-ring (bicyclic) bond motifs is 2. The molecule has 24 heteroatoms. The van der Waals surface area contributed by atoms with Crippen LogP contribution in [0, 0.1) is 13.8 Å². The van der Waals surface area contributed by atoms with E-state index in [9.17, 15) is 16.8 Å². The van der Waals surface area contributed by atoms with Crippen molar-refractivity contribution in [1.82, 2.24) is 44.6 Å². The average Bonchev–Trinajstić information content (AvgIpc) is 3.86. The highest BCUT2D eigenvalue weighted by Gasteiger charge is 2.25. The summed E-state index contributed by atoms with van der Waals surface area (Å²) in [7, 11) is -6.66. The minimum atomic E-state index is -3.38. The molecule has 2 aromatic carbocycles. The molecular formula is C45H48N14O6S4. The number of nitrogens with zero attached hydrogens (tertiary/aromatic N) is 10. The second-order valence-electron chi connectivity index (χ2n) is 16.3. The highest BCUT2D eigenvalue weighted by molar-refractivity contribution is 7.92. The van der Waals surface area contributed by atoms with Crippen LogP contribution in [0.1, 0.15) is 16.7 Å². The van der Waals surface area contributed by atoms with E-state index in [1.54, 1.807) is 53.5 Å². The number of morpholine rings is 2. The molecule has 0 atom stereocenters. The fraction of sp³-hybridized carbons (Fsp3) is 0.289. The highest BCUT2D eigenvalue weighted by Crippen LogP contribution is 2.44. The van der Waals surface area contributed by atoms with Gasteiger partial charge in [0.2, 0.25) is 31.9 Å². The Kier molecular flexibility index (Phi) is 13.7. The molecular weight excluding hydrogens is 961 g/mol. The molecule has 0 radical (unpaired) electrons. The van der Waals surface area contributed by atoms with Gasteiger partial charge in [-0.15, -0.1) is 22.7 Å². The van der Waals surface area contributed by atoms with Gasteiger partial charge in [0.1, 0.15) is 0 Å². The lowest BCUT2D eigenvalue weighted by molar-refractivity contribution is 0.122. The number of nitrogens with one attached hydrogen (secondary N) is 2. The summed E-state index contributed by atoms with van der Waals surface area (Å²) in [5.74, 6) is 3.15. The van der Waals surface area contributed by atoms with Gasteiger partial charge in [0.25, 0.3) is 0 Å². The molecule has 2 fully saturated rings. The third-order valence-corrected chi connectivity index (χ3v) is 15.1. The van der Waals surface area contributed by atoms with Crippen molar-refractivity contribution >= 4 is 92.4 Å². The van der Waals surface area contributed by atoms with Gasteiger partial charge in [-0.1, -0.05) is 30.3 Å². The van der Waals surface area contributed by atoms with Gasteiger partial charge < -0.3 is 30.7 Å². The number of sulfonamides is 2. The minimum Gasteiger partial charge on any atom is -0.378 e. The average molecular weight is 1010 g/mol. The van der Waals surface area contributed by atoms with Crippen LogP contribution < -0.4 is 30.7 Å². The number of hydrogen-bond acceptors (Lipinski definition) is 20. The molecule has 8 heterocycles. The summed E-state index contributed by atoms with van der Waals surface area (Å²) >= 11 is 3.23. The van der Waals surface area contributed by atoms with E-state index in [1.807, 2.05) is 49.4 Å². The second kappa shape index (κ2) is 19.8. The van der Waals surface area contributed by atoms with Crippen LogP contribution in [0.5, 0.6) is 0 Å². The lowest BCUT2D eigenvalue weighted by Crippen LogP contribution is -2.36. The van der Waals surface area contributed by atoms with Crippen molar-refractivity contribution in [2.24, 2.45) is 0 Å². The quantitative estimate of drug-likeness (QED) is 0.124. The van der Waals surface area contributed by atoms with Crippen LogP contribution in [-0.4, -0.2) is 122 Å². The summed E-state index contributed by atoms with van der Waals surface area (Å²) in [4.78, 5) is 42.5. The Balaban J connectivity index is 0.000000172. The smallest absolute Gasteiger partial charge is 0.229 e. The van der Waals surface area contributed by atoms with E-state index < -0.39 is 20.0 Å². The molecule has 2 aliphatic rings. The number of benzene rings is 2. The van der Waals surface area contributed by atoms with Gasteiger partial charge in [0.05, 0.1) is 70.5 Å². The Morgan fingerprint density at radius 1 is 0.609 bits per heavy atom. The molecule has 0 unspecified atom stereocenters. The highest BCUT2D eigenvalue weighted by atomic mass is 32.2. The molecule has 10 rings (SSSR count). The Morgan fingerprint density at radius 2 is 1.06 bits per heavy atom. The number of nitrogens with two attached hydrogens (primary N) is 2. The second-order valence-corrected chi connectivity index (χ2v) is 21.9. The molecule has 0 spiro atoms. The summed E-state index contributed by atoms with van der Waals surface area (Å²) in [5, 5.41) is 0. The van der Waals surface area contributed by atoms with Gasteiger partial charge >= 0.3 is 0 Å². The van der Waals surface area contributed by atoms with Crippen molar-refractivity contribution in [3.63, 3.8) is 0 Å². The van der Waals surface area contributed by atoms with Crippen LogP contribution in [0.4, 0.5) is 29.2 Å². The summed E-state index contributed by atoms with van der Waals surface area (Å²) < 4.78 is 64.6. The first-order chi connectivity index (χ1) is 33.1. The Labute approximate surface area is 406 Å². The zero-order valence-electron chi connectivity index (χ0n) is 38.0. The van der Waals surface area contributed by atoms with Crippen LogP contribution in [0.2, 0.25) is 0 Å². The van der Waals surface area contributed by atoms with Crippen LogP contribution in [0.3, 0.4) is 0 Å². The van der Waals surface area contributed by atoms with E-state index in [0.717, 1.165) is 108 Å². The molecule has 6 N–H and O–H groups in total. The molecule has 6 aromatic heterocycles. The lowest BCUT2D eigenvalue weighted by atomic mass is 10.1. The maximum atomic E-state index is 11.7. The fourth-order valence-corrected chi connectivity index (χ4v) is 11.3. The standard InChI is InChI=1S/C23H25N7O3S2.C22H23N7O3S2/c1-14-18-20(34-19(14)16-5-3-4-15(10-16)11-27-35(2,31)32)22(30-6-8-33-9-7-30)29-21(28-18)17-12-25-23(24)26-13-17;1-13-17-19(33-18(13)14-4-3-5-16(10-14)28-34(2,30)31)21(29-6-8-32-9-7-29)27-20(26-17)15-11-24-22(23)25-12-15/h3-5,10,12-13,27H,6-9,11H2,1-2H3,(H2,24,25,26);3-5,10-12,28H,6-9H2,1-2H3,(H2,23,24,25). The fourth-order valence-electron chi connectivity index (χ4n) is 7.82. The first-order valence-electron chi connectivity index (χ1n) is 21.6. The zero-order chi connectivity index (χ0) is 48.5. The lowest BCUT2D eigenvalue weighted by Gasteiger charge is -2.28. The number of nitrogen functional groups attached to an aromatic ring is 2. The van der Waals surface area contributed by atoms with Crippen LogP contribution in [0.25, 0.3) is 64.1 Å². The van der Waals surface area contributed by atoms with E-state index in [0.29, 0.717) is 54.9 Å². The molecule has 2 saturated heterocycles. The zero-order valence-corrected chi connectivity index (χ0v) is 41.3. The van der Waals surface area contributed by atoms with Crippen molar-refractivity contribution in [3.05, 3.63) is 90.0 Å². The van der Waals surface area contributed by atoms with Gasteiger partial charge in [0.15, 0.2) is 23.3 Å². The van der Waals surface area contributed by atoms with E-state index in [2.05, 4.69) is 46.1 Å². The van der Waals surface area contributed by atoms with Gasteiger partial charge in [-0.2, -0.15) is 0 Å². The SMILES string of the molecule is Cc1c(-c2cccc(CNS(C)(=O)=O)c2)sc2c(N3CCOCC3)nc(-c3cnc(N)nc3)nc12.Cc1c(-c2cccc(NS(C)(=O)=O)c2)sc2c(N3CCOCC3)nc(-c3cnc(N)nc3)nc12. The number of aryl methyl sites for hydroxylation is 2. The van der Waals surface area contributed by atoms with Gasteiger partial charge in [0, 0.05) is 73.0 Å². The van der Waals surface area contributed by atoms with Crippen molar-refractivity contribution in [3.8, 4) is 43.7 Å². The van der Waals surface area contributed by atoms with Gasteiger partial charge in [-0.3, -0.25) is 4.72 Å². The number of hydrogen-bond donors (Lipinski definition) is 4. The molecule has 8 aromatic rings. The molecule has 0 saturated carbocycles. The van der Waals surface area contributed by atoms with Crippen molar-refractivity contribution in [2.45, 2.75) is 20.4 Å². The number of rotatable bonds is 11. The first-order valence-corrected chi connectivity index (χ1v) is 27.0. The van der Waals surface area contributed by atoms with Gasteiger partial charge in [-0.05, 0) is 59.9 Å². The van der Waals surface area contributed by atoms with Crippen molar-refractivity contribution < 1.29 is 26.3 Å². The number of ether oxygens (including phenoxy) is 2. The Morgan fingerprint density at radius 3 is 1.51 bits per heavy atom. The normalized spacial score (nSPS) is 14.5. The predicted molar refractivity (Wildman–Crippen MR) is 272 cm³/mol. The molecule has 20 nitrogen and oxygen atoms in total. The van der Waals surface area contributed by atoms with Crippen LogP contribution >= 0.6 is 22.7 Å². The maximum absolute atomic E-state index is 11.7. The third kappa shape index (κ3) is 11.0. The maximum Gasteiger partial charge on any atom is 0.229 e. The Hall–Kier alpha value is -6.54.